The molecule has 1 aromatic carbocycles. The van der Waals surface area contributed by atoms with E-state index in [9.17, 15) is 4.79 Å². The summed E-state index contributed by atoms with van der Waals surface area (Å²) in [5, 5.41) is 1.85. The summed E-state index contributed by atoms with van der Waals surface area (Å²) in [6.07, 6.45) is 4.98. The van der Waals surface area contributed by atoms with Crippen LogP contribution in [0.4, 0.5) is 5.69 Å². The van der Waals surface area contributed by atoms with Crippen LogP contribution >= 0.6 is 23.2 Å². The Labute approximate surface area is 176 Å². The summed E-state index contributed by atoms with van der Waals surface area (Å²) in [5.74, 6) is -0.353. The molecule has 4 rings (SSSR count). The van der Waals surface area contributed by atoms with Crippen LogP contribution in [0.5, 0.6) is 0 Å². The summed E-state index contributed by atoms with van der Waals surface area (Å²) in [5.41, 5.74) is 2.51. The van der Waals surface area contributed by atoms with E-state index in [0.717, 1.165) is 30.5 Å². The van der Waals surface area contributed by atoms with Crippen molar-refractivity contribution in [2.75, 3.05) is 18.1 Å². The fraction of sp³-hybridized carbons (Fsp3) is 0.545. The molecule has 2 aromatic rings. The van der Waals surface area contributed by atoms with Crippen molar-refractivity contribution in [3.05, 3.63) is 33.9 Å². The lowest BCUT2D eigenvalue weighted by molar-refractivity contribution is 0.0526. The third-order valence-electron chi connectivity index (χ3n) is 6.06. The van der Waals surface area contributed by atoms with Crippen molar-refractivity contribution < 1.29 is 9.53 Å². The smallest absolute Gasteiger partial charge is 0.341 e. The van der Waals surface area contributed by atoms with Gasteiger partial charge in [-0.05, 0) is 49.1 Å². The minimum Gasteiger partial charge on any atom is -0.462 e. The van der Waals surface area contributed by atoms with Crippen molar-refractivity contribution in [1.29, 1.82) is 0 Å². The Kier molecular flexibility index (Phi) is 4.79. The molecule has 28 heavy (non-hydrogen) atoms. The molecule has 1 saturated heterocycles. The highest BCUT2D eigenvalue weighted by Crippen LogP contribution is 2.54. The second kappa shape index (κ2) is 6.77. The van der Waals surface area contributed by atoms with E-state index in [0.29, 0.717) is 33.8 Å². The molecular formula is C22H26Cl2N2O2. The lowest BCUT2D eigenvalue weighted by atomic mass is 9.65. The van der Waals surface area contributed by atoms with Gasteiger partial charge in [-0.3, -0.25) is 4.98 Å². The predicted molar refractivity (Wildman–Crippen MR) is 115 cm³/mol. The predicted octanol–water partition coefficient (Wildman–Crippen LogP) is 6.12. The molecule has 1 aliphatic heterocycles. The number of nitrogens with zero attached hydrogens (tertiary/aromatic N) is 2. The van der Waals surface area contributed by atoms with Crippen molar-refractivity contribution in [1.82, 2.24) is 4.98 Å². The maximum atomic E-state index is 12.8. The summed E-state index contributed by atoms with van der Waals surface area (Å²) < 4.78 is 5.34. The van der Waals surface area contributed by atoms with E-state index in [1.165, 1.54) is 6.42 Å². The van der Waals surface area contributed by atoms with Crippen LogP contribution < -0.4 is 4.90 Å². The molecule has 0 N–H and O–H groups in total. The molecule has 2 atom stereocenters. The number of aromatic nitrogens is 1. The molecule has 0 unspecified atom stereocenters. The van der Waals surface area contributed by atoms with Gasteiger partial charge in [-0.2, -0.15) is 0 Å². The number of esters is 1. The Morgan fingerprint density at radius 2 is 2.04 bits per heavy atom. The molecule has 0 spiro atoms. The maximum Gasteiger partial charge on any atom is 0.341 e. The molecule has 4 nitrogen and oxygen atoms in total. The third-order valence-corrected chi connectivity index (χ3v) is 6.56. The fourth-order valence-corrected chi connectivity index (χ4v) is 6.14. The molecule has 2 aliphatic rings. The number of fused-ring (bicyclic) bond motifs is 3. The number of ether oxygens (including phenoxy) is 1. The van der Waals surface area contributed by atoms with Crippen molar-refractivity contribution >= 4 is 45.8 Å². The van der Waals surface area contributed by atoms with Crippen LogP contribution in [0.3, 0.4) is 0 Å². The number of halogens is 2. The van der Waals surface area contributed by atoms with Crippen molar-refractivity contribution in [2.45, 2.75) is 53.0 Å². The molecule has 1 saturated carbocycles. The van der Waals surface area contributed by atoms with E-state index in [2.05, 4.69) is 30.7 Å². The molecule has 0 amide bonds. The summed E-state index contributed by atoms with van der Waals surface area (Å²) in [4.78, 5) is 19.6. The standard InChI is InChI=1S/C22H26Cl2N2O2/c1-5-28-20(27)16-10-25-18-15(6-13(23)7-17(18)24)19(16)26-12-22(4)9-14(26)8-21(2,3)11-22/h6-7,10,14H,5,8-9,11-12H2,1-4H3/t14-,22+/m1/s1. The number of hydrogen-bond acceptors (Lipinski definition) is 4. The monoisotopic (exact) mass is 420 g/mol. The summed E-state index contributed by atoms with van der Waals surface area (Å²) in [7, 11) is 0. The number of carbonyl (C=O) groups is 1. The van der Waals surface area contributed by atoms with Gasteiger partial charge < -0.3 is 9.64 Å². The van der Waals surface area contributed by atoms with Gasteiger partial charge in [-0.1, -0.05) is 44.0 Å². The normalized spacial score (nSPS) is 25.9. The first-order valence-electron chi connectivity index (χ1n) is 9.84. The van der Waals surface area contributed by atoms with Gasteiger partial charge in [-0.15, -0.1) is 0 Å². The first kappa shape index (κ1) is 19.8. The van der Waals surface area contributed by atoms with Crippen molar-refractivity contribution in [3.63, 3.8) is 0 Å². The molecule has 2 fully saturated rings. The van der Waals surface area contributed by atoms with Crippen LogP contribution in [0, 0.1) is 10.8 Å². The number of carbonyl (C=O) groups excluding carboxylic acids is 1. The van der Waals surface area contributed by atoms with Gasteiger partial charge in [0.1, 0.15) is 5.56 Å². The molecule has 1 aliphatic carbocycles. The third kappa shape index (κ3) is 3.35. The van der Waals surface area contributed by atoms with E-state index in [4.69, 9.17) is 27.9 Å². The lowest BCUT2D eigenvalue weighted by Crippen LogP contribution is -2.35. The van der Waals surface area contributed by atoms with Gasteiger partial charge in [0.15, 0.2) is 0 Å². The maximum absolute atomic E-state index is 12.8. The van der Waals surface area contributed by atoms with Crippen LogP contribution in [0.15, 0.2) is 18.3 Å². The molecule has 0 radical (unpaired) electrons. The second-order valence-electron chi connectivity index (χ2n) is 9.37. The average molecular weight is 421 g/mol. The second-order valence-corrected chi connectivity index (χ2v) is 10.2. The van der Waals surface area contributed by atoms with Crippen LogP contribution in [0.1, 0.15) is 57.3 Å². The minimum atomic E-state index is -0.353. The van der Waals surface area contributed by atoms with Gasteiger partial charge in [0.2, 0.25) is 0 Å². The highest BCUT2D eigenvalue weighted by molar-refractivity contribution is 6.38. The Morgan fingerprint density at radius 3 is 2.75 bits per heavy atom. The number of anilines is 1. The number of rotatable bonds is 3. The largest absolute Gasteiger partial charge is 0.462 e. The minimum absolute atomic E-state index is 0.219. The van der Waals surface area contributed by atoms with Crippen molar-refractivity contribution in [3.8, 4) is 0 Å². The molecular weight excluding hydrogens is 395 g/mol. The molecule has 2 heterocycles. The molecule has 2 bridgehead atoms. The fourth-order valence-electron chi connectivity index (χ4n) is 5.60. The summed E-state index contributed by atoms with van der Waals surface area (Å²) >= 11 is 12.8. The zero-order valence-electron chi connectivity index (χ0n) is 16.8. The summed E-state index contributed by atoms with van der Waals surface area (Å²) in [6.45, 7) is 10.1. The average Bonchev–Trinajstić information content (AvgIpc) is 2.82. The summed E-state index contributed by atoms with van der Waals surface area (Å²) in [6, 6.07) is 3.92. The van der Waals surface area contributed by atoms with E-state index in [1.807, 2.05) is 13.0 Å². The quantitative estimate of drug-likeness (QED) is 0.560. The first-order chi connectivity index (χ1) is 13.1. The Morgan fingerprint density at radius 1 is 1.29 bits per heavy atom. The Balaban J connectivity index is 1.94. The van der Waals surface area contributed by atoms with Crippen LogP contribution in [0.2, 0.25) is 10.0 Å². The van der Waals surface area contributed by atoms with Crippen LogP contribution in [-0.4, -0.2) is 30.1 Å². The highest BCUT2D eigenvalue weighted by atomic mass is 35.5. The highest BCUT2D eigenvalue weighted by Gasteiger charge is 2.50. The molecule has 6 heteroatoms. The SMILES string of the molecule is CCOC(=O)c1cnc2c(Cl)cc(Cl)cc2c1N1C[C@@]2(C)C[C@H]1CC(C)(C)C2. The van der Waals surface area contributed by atoms with Crippen molar-refractivity contribution in [2.24, 2.45) is 10.8 Å². The van der Waals surface area contributed by atoms with Gasteiger partial charge >= 0.3 is 5.97 Å². The lowest BCUT2D eigenvalue weighted by Gasteiger charge is -2.39. The van der Waals surface area contributed by atoms with E-state index in [-0.39, 0.29) is 16.8 Å². The van der Waals surface area contributed by atoms with E-state index in [1.54, 1.807) is 12.3 Å². The Hall–Kier alpha value is -1.52. The number of pyridine rings is 1. The first-order valence-corrected chi connectivity index (χ1v) is 10.6. The van der Waals surface area contributed by atoms with E-state index < -0.39 is 0 Å². The molecule has 1 aromatic heterocycles. The van der Waals surface area contributed by atoms with Gasteiger partial charge in [0.05, 0.1) is 22.8 Å². The topological polar surface area (TPSA) is 42.4 Å². The van der Waals surface area contributed by atoms with Gasteiger partial charge in [0, 0.05) is 29.2 Å². The Bertz CT molecular complexity index is 959. The van der Waals surface area contributed by atoms with Crippen LogP contribution in [-0.2, 0) is 4.74 Å². The zero-order chi connectivity index (χ0) is 20.3. The number of hydrogen-bond donors (Lipinski definition) is 0. The molecule has 150 valence electrons. The van der Waals surface area contributed by atoms with E-state index >= 15 is 0 Å². The number of benzene rings is 1. The zero-order valence-corrected chi connectivity index (χ0v) is 18.3. The van der Waals surface area contributed by atoms with Gasteiger partial charge in [0.25, 0.3) is 0 Å². The van der Waals surface area contributed by atoms with Gasteiger partial charge in [-0.25, -0.2) is 4.79 Å². The van der Waals surface area contributed by atoms with Crippen LogP contribution in [0.25, 0.3) is 10.9 Å².